The SMILES string of the molecule is CC(C)(C)C(O)(Cn1cncn1)C1=NOC(COc2ccc(Cl)cc2)C1. The molecule has 0 saturated carbocycles. The van der Waals surface area contributed by atoms with E-state index in [-0.39, 0.29) is 12.6 Å². The van der Waals surface area contributed by atoms with E-state index in [1.54, 1.807) is 35.3 Å². The number of oxime groups is 1. The second-order valence-corrected chi connectivity index (χ2v) is 7.87. The van der Waals surface area contributed by atoms with Crippen LogP contribution in [0, 0.1) is 5.41 Å². The molecule has 2 heterocycles. The molecule has 1 aliphatic rings. The fourth-order valence-corrected chi connectivity index (χ4v) is 2.92. The van der Waals surface area contributed by atoms with Gasteiger partial charge in [0.25, 0.3) is 0 Å². The zero-order valence-electron chi connectivity index (χ0n) is 15.1. The van der Waals surface area contributed by atoms with Gasteiger partial charge in [-0.2, -0.15) is 5.10 Å². The van der Waals surface area contributed by atoms with Crippen LogP contribution in [0.25, 0.3) is 0 Å². The van der Waals surface area contributed by atoms with Gasteiger partial charge in [-0.1, -0.05) is 37.5 Å². The van der Waals surface area contributed by atoms with E-state index in [1.165, 1.54) is 6.33 Å². The summed E-state index contributed by atoms with van der Waals surface area (Å²) in [5.41, 5.74) is -1.09. The van der Waals surface area contributed by atoms with Crippen molar-refractivity contribution in [1.82, 2.24) is 14.8 Å². The van der Waals surface area contributed by atoms with Crippen molar-refractivity contribution in [3.05, 3.63) is 41.9 Å². The molecule has 1 aromatic carbocycles. The van der Waals surface area contributed by atoms with Gasteiger partial charge in [-0.25, -0.2) is 9.67 Å². The predicted molar refractivity (Wildman–Crippen MR) is 98.3 cm³/mol. The number of ether oxygens (including phenoxy) is 1. The average Bonchev–Trinajstić information content (AvgIpc) is 3.25. The van der Waals surface area contributed by atoms with Gasteiger partial charge >= 0.3 is 0 Å². The Morgan fingerprint density at radius 3 is 2.65 bits per heavy atom. The van der Waals surface area contributed by atoms with Crippen molar-refractivity contribution in [2.24, 2.45) is 10.6 Å². The highest BCUT2D eigenvalue weighted by Crippen LogP contribution is 2.36. The van der Waals surface area contributed by atoms with Gasteiger partial charge in [0.1, 0.15) is 30.6 Å². The third-order valence-electron chi connectivity index (χ3n) is 4.56. The van der Waals surface area contributed by atoms with Crippen LogP contribution in [0.2, 0.25) is 5.02 Å². The smallest absolute Gasteiger partial charge is 0.166 e. The van der Waals surface area contributed by atoms with Crippen LogP contribution in [0.3, 0.4) is 0 Å². The first-order chi connectivity index (χ1) is 12.3. The Morgan fingerprint density at radius 1 is 1.31 bits per heavy atom. The molecule has 2 atom stereocenters. The fraction of sp³-hybridized carbons (Fsp3) is 0.500. The molecular formula is C18H23ClN4O3. The van der Waals surface area contributed by atoms with Crippen molar-refractivity contribution in [2.45, 2.75) is 45.4 Å². The van der Waals surface area contributed by atoms with E-state index < -0.39 is 11.0 Å². The Balaban J connectivity index is 1.65. The Morgan fingerprint density at radius 2 is 2.04 bits per heavy atom. The van der Waals surface area contributed by atoms with Crippen LogP contribution in [0.15, 0.2) is 42.1 Å². The normalized spacial score (nSPS) is 19.6. The van der Waals surface area contributed by atoms with Crippen LogP contribution in [0.4, 0.5) is 0 Å². The maximum atomic E-state index is 11.4. The number of aliphatic hydroxyl groups is 1. The molecule has 3 rings (SSSR count). The average molecular weight is 379 g/mol. The monoisotopic (exact) mass is 378 g/mol. The van der Waals surface area contributed by atoms with Gasteiger partial charge in [-0.3, -0.25) is 0 Å². The van der Waals surface area contributed by atoms with Crippen LogP contribution in [-0.2, 0) is 11.4 Å². The van der Waals surface area contributed by atoms with Gasteiger partial charge < -0.3 is 14.7 Å². The lowest BCUT2D eigenvalue weighted by molar-refractivity contribution is -0.0136. The molecule has 8 heteroatoms. The maximum Gasteiger partial charge on any atom is 0.166 e. The molecule has 0 fully saturated rings. The summed E-state index contributed by atoms with van der Waals surface area (Å²) in [5.74, 6) is 0.708. The van der Waals surface area contributed by atoms with Crippen molar-refractivity contribution in [1.29, 1.82) is 0 Å². The van der Waals surface area contributed by atoms with E-state index in [1.807, 2.05) is 20.8 Å². The highest BCUT2D eigenvalue weighted by molar-refractivity contribution is 6.30. The zero-order valence-corrected chi connectivity index (χ0v) is 15.8. The molecule has 2 aromatic rings. The molecule has 1 aliphatic heterocycles. The van der Waals surface area contributed by atoms with E-state index in [0.717, 1.165) is 0 Å². The summed E-state index contributed by atoms with van der Waals surface area (Å²) in [6.45, 7) is 6.47. The van der Waals surface area contributed by atoms with Crippen LogP contribution < -0.4 is 4.74 Å². The molecule has 0 aliphatic carbocycles. The van der Waals surface area contributed by atoms with Crippen LogP contribution >= 0.6 is 11.6 Å². The Kier molecular flexibility index (Phi) is 5.20. The third kappa shape index (κ3) is 3.99. The van der Waals surface area contributed by atoms with Gasteiger partial charge in [0, 0.05) is 11.4 Å². The van der Waals surface area contributed by atoms with Crippen LogP contribution in [0.5, 0.6) is 5.75 Å². The molecule has 0 saturated heterocycles. The maximum absolute atomic E-state index is 11.4. The number of hydrogen-bond donors (Lipinski definition) is 1. The van der Waals surface area contributed by atoms with Gasteiger partial charge in [0.2, 0.25) is 0 Å². The largest absolute Gasteiger partial charge is 0.490 e. The zero-order chi connectivity index (χ0) is 18.8. The van der Waals surface area contributed by atoms with E-state index in [9.17, 15) is 5.11 Å². The Labute approximate surface area is 157 Å². The number of aromatic nitrogens is 3. The van der Waals surface area contributed by atoms with Gasteiger partial charge in [0.15, 0.2) is 6.10 Å². The molecule has 7 nitrogen and oxygen atoms in total. The van der Waals surface area contributed by atoms with Crippen molar-refractivity contribution >= 4 is 17.3 Å². The van der Waals surface area contributed by atoms with E-state index in [2.05, 4.69) is 15.2 Å². The summed E-state index contributed by atoms with van der Waals surface area (Å²) in [4.78, 5) is 9.44. The molecule has 140 valence electrons. The van der Waals surface area contributed by atoms with Gasteiger partial charge in [0.05, 0.1) is 12.3 Å². The lowest BCUT2D eigenvalue weighted by Gasteiger charge is -2.39. The molecule has 1 N–H and O–H groups in total. The predicted octanol–water partition coefficient (Wildman–Crippen LogP) is 2.93. The molecule has 0 spiro atoms. The number of halogens is 1. The molecule has 2 unspecified atom stereocenters. The number of benzene rings is 1. The lowest BCUT2D eigenvalue weighted by Crippen LogP contribution is -2.53. The summed E-state index contributed by atoms with van der Waals surface area (Å²) < 4.78 is 7.33. The molecule has 1 aromatic heterocycles. The summed E-state index contributed by atoms with van der Waals surface area (Å²) in [6.07, 6.45) is 3.24. The summed E-state index contributed by atoms with van der Waals surface area (Å²) in [5, 5.41) is 20.3. The van der Waals surface area contributed by atoms with Gasteiger partial charge in [-0.05, 0) is 29.7 Å². The minimum Gasteiger partial charge on any atom is -0.490 e. The first kappa shape index (κ1) is 18.7. The second-order valence-electron chi connectivity index (χ2n) is 7.44. The second kappa shape index (κ2) is 7.25. The first-order valence-electron chi connectivity index (χ1n) is 8.44. The minimum atomic E-state index is -1.21. The van der Waals surface area contributed by atoms with E-state index in [4.69, 9.17) is 21.2 Å². The summed E-state index contributed by atoms with van der Waals surface area (Å²) in [6, 6.07) is 7.14. The van der Waals surface area contributed by atoms with Crippen LogP contribution in [0.1, 0.15) is 27.2 Å². The number of nitrogens with zero attached hydrogens (tertiary/aromatic N) is 4. The minimum absolute atomic E-state index is 0.253. The molecular weight excluding hydrogens is 356 g/mol. The van der Waals surface area contributed by atoms with Crippen molar-refractivity contribution in [3.8, 4) is 5.75 Å². The molecule has 0 bridgehead atoms. The topological polar surface area (TPSA) is 81.8 Å². The lowest BCUT2D eigenvalue weighted by atomic mass is 9.72. The Hall–Kier alpha value is -2.12. The highest BCUT2D eigenvalue weighted by atomic mass is 35.5. The number of rotatable bonds is 6. The fourth-order valence-electron chi connectivity index (χ4n) is 2.79. The van der Waals surface area contributed by atoms with Gasteiger partial charge in [-0.15, -0.1) is 0 Å². The summed E-state index contributed by atoms with van der Waals surface area (Å²) in [7, 11) is 0. The standard InChI is InChI=1S/C18H23ClN4O3/c1-17(2,3)18(24,10-23-12-20-11-21-23)16-8-15(26-22-16)9-25-14-6-4-13(19)5-7-14/h4-7,11-12,15,24H,8-10H2,1-3H3. The van der Waals surface area contributed by atoms with Crippen molar-refractivity contribution in [3.63, 3.8) is 0 Å². The third-order valence-corrected chi connectivity index (χ3v) is 4.81. The molecule has 0 radical (unpaired) electrons. The highest BCUT2D eigenvalue weighted by Gasteiger charge is 2.48. The summed E-state index contributed by atoms with van der Waals surface area (Å²) >= 11 is 5.87. The molecule has 26 heavy (non-hydrogen) atoms. The molecule has 0 amide bonds. The quantitative estimate of drug-likeness (QED) is 0.835. The van der Waals surface area contributed by atoms with Crippen LogP contribution in [-0.4, -0.2) is 43.9 Å². The van der Waals surface area contributed by atoms with E-state index >= 15 is 0 Å². The number of hydrogen-bond acceptors (Lipinski definition) is 6. The van der Waals surface area contributed by atoms with E-state index in [0.29, 0.717) is 29.5 Å². The Bertz CT molecular complexity index is 756. The first-order valence-corrected chi connectivity index (χ1v) is 8.82. The van der Waals surface area contributed by atoms with Crippen molar-refractivity contribution in [2.75, 3.05) is 6.61 Å². The van der Waals surface area contributed by atoms with Crippen molar-refractivity contribution < 1.29 is 14.7 Å².